The van der Waals surface area contributed by atoms with Gasteiger partial charge in [-0.1, -0.05) is 53.7 Å². The van der Waals surface area contributed by atoms with Crippen molar-refractivity contribution in [2.24, 2.45) is 0 Å². The zero-order valence-corrected chi connectivity index (χ0v) is 16.3. The van der Waals surface area contributed by atoms with Crippen LogP contribution < -0.4 is 5.32 Å². The molecule has 1 heterocycles. The van der Waals surface area contributed by atoms with Gasteiger partial charge in [0.2, 0.25) is 5.91 Å². The van der Waals surface area contributed by atoms with E-state index < -0.39 is 0 Å². The molecule has 140 valence electrons. The van der Waals surface area contributed by atoms with Crippen LogP contribution in [0.3, 0.4) is 0 Å². The van der Waals surface area contributed by atoms with Crippen LogP contribution in [0.5, 0.6) is 5.75 Å². The van der Waals surface area contributed by atoms with Crippen LogP contribution in [-0.2, 0) is 17.8 Å². The molecule has 0 spiro atoms. The fourth-order valence-electron chi connectivity index (χ4n) is 2.58. The number of benzene rings is 2. The van der Waals surface area contributed by atoms with Crippen molar-refractivity contribution >= 4 is 35.0 Å². The summed E-state index contributed by atoms with van der Waals surface area (Å²) in [6, 6.07) is 14.6. The van der Waals surface area contributed by atoms with E-state index in [1.807, 2.05) is 41.8 Å². The van der Waals surface area contributed by atoms with Gasteiger partial charge in [-0.3, -0.25) is 4.79 Å². The summed E-state index contributed by atoms with van der Waals surface area (Å²) in [6.07, 6.45) is 0.685. The van der Waals surface area contributed by atoms with E-state index in [9.17, 15) is 9.90 Å². The first-order valence-electron chi connectivity index (χ1n) is 8.44. The number of hydrogen-bond acceptors (Lipinski definition) is 5. The number of thioether (sulfide) groups is 1. The molecule has 1 aromatic heterocycles. The Labute approximate surface area is 166 Å². The second-order valence-electron chi connectivity index (χ2n) is 5.80. The Bertz CT molecular complexity index is 931. The number of phenolic OH excluding ortho intramolecular Hbond substituents is 1. The number of hydrogen-bond donors (Lipinski definition) is 2. The van der Waals surface area contributed by atoms with Crippen LogP contribution in [-0.4, -0.2) is 31.5 Å². The van der Waals surface area contributed by atoms with Crippen molar-refractivity contribution in [3.63, 3.8) is 0 Å². The number of rotatable bonds is 7. The highest BCUT2D eigenvalue weighted by Gasteiger charge is 2.14. The van der Waals surface area contributed by atoms with Gasteiger partial charge < -0.3 is 15.0 Å². The van der Waals surface area contributed by atoms with Crippen molar-refractivity contribution in [3.05, 3.63) is 64.9 Å². The normalized spacial score (nSPS) is 10.7. The maximum atomic E-state index is 12.2. The zero-order chi connectivity index (χ0) is 19.2. The first kappa shape index (κ1) is 19.3. The van der Waals surface area contributed by atoms with E-state index in [1.165, 1.54) is 23.9 Å². The number of carbonyl (C=O) groups excluding carboxylic acids is 1. The highest BCUT2D eigenvalue weighted by molar-refractivity contribution is 7.99. The second-order valence-corrected chi connectivity index (χ2v) is 7.18. The van der Waals surface area contributed by atoms with Gasteiger partial charge in [-0.2, -0.15) is 0 Å². The number of aromatic hydroxyl groups is 1. The number of nitrogens with one attached hydrogen (secondary N) is 1. The number of nitrogens with zero attached hydrogens (tertiary/aromatic N) is 3. The van der Waals surface area contributed by atoms with E-state index in [0.29, 0.717) is 23.1 Å². The molecular formula is C19H19ClN4O2S. The molecule has 2 N–H and O–H groups in total. The summed E-state index contributed by atoms with van der Waals surface area (Å²) in [4.78, 5) is 12.2. The predicted molar refractivity (Wildman–Crippen MR) is 107 cm³/mol. The monoisotopic (exact) mass is 402 g/mol. The van der Waals surface area contributed by atoms with Gasteiger partial charge in [0, 0.05) is 18.0 Å². The van der Waals surface area contributed by atoms with Crippen molar-refractivity contribution in [1.82, 2.24) is 14.8 Å². The number of anilines is 1. The molecule has 0 aliphatic heterocycles. The van der Waals surface area contributed by atoms with E-state index in [1.54, 1.807) is 6.07 Å². The van der Waals surface area contributed by atoms with Gasteiger partial charge in [0.05, 0.1) is 11.4 Å². The Balaban J connectivity index is 1.64. The van der Waals surface area contributed by atoms with Gasteiger partial charge in [0.15, 0.2) is 5.16 Å². The van der Waals surface area contributed by atoms with E-state index in [4.69, 9.17) is 11.6 Å². The van der Waals surface area contributed by atoms with E-state index in [-0.39, 0.29) is 23.1 Å². The highest BCUT2D eigenvalue weighted by Crippen LogP contribution is 2.27. The first-order chi connectivity index (χ1) is 13.1. The van der Waals surface area contributed by atoms with Crippen molar-refractivity contribution in [2.75, 3.05) is 11.1 Å². The topological polar surface area (TPSA) is 80.0 Å². The van der Waals surface area contributed by atoms with Crippen molar-refractivity contribution in [2.45, 2.75) is 25.0 Å². The standard InChI is InChI=1S/C19H19ClN4O2S/c1-2-24-17(10-13-6-4-3-5-7-13)22-23-19(24)27-12-18(26)21-15-11-14(20)8-9-16(15)25/h3-9,11,25H,2,10,12H2,1H3,(H,21,26). The molecule has 27 heavy (non-hydrogen) atoms. The number of halogens is 1. The third-order valence-corrected chi connectivity index (χ3v) is 5.08. The largest absolute Gasteiger partial charge is 0.506 e. The van der Waals surface area contributed by atoms with Gasteiger partial charge >= 0.3 is 0 Å². The van der Waals surface area contributed by atoms with Crippen LogP contribution in [0, 0.1) is 0 Å². The lowest BCUT2D eigenvalue weighted by molar-refractivity contribution is -0.113. The van der Waals surface area contributed by atoms with E-state index in [2.05, 4.69) is 15.5 Å². The highest BCUT2D eigenvalue weighted by atomic mass is 35.5. The van der Waals surface area contributed by atoms with E-state index >= 15 is 0 Å². The third-order valence-electron chi connectivity index (χ3n) is 3.88. The molecule has 0 saturated heterocycles. The summed E-state index contributed by atoms with van der Waals surface area (Å²) in [5, 5.41) is 22.1. The van der Waals surface area contributed by atoms with Gasteiger partial charge in [0.1, 0.15) is 11.6 Å². The molecule has 0 atom stereocenters. The summed E-state index contributed by atoms with van der Waals surface area (Å²) in [7, 11) is 0. The minimum atomic E-state index is -0.257. The molecule has 0 unspecified atom stereocenters. The lowest BCUT2D eigenvalue weighted by Gasteiger charge is -2.09. The van der Waals surface area contributed by atoms with Crippen molar-refractivity contribution in [1.29, 1.82) is 0 Å². The van der Waals surface area contributed by atoms with Gasteiger partial charge in [0.25, 0.3) is 0 Å². The van der Waals surface area contributed by atoms with Crippen LogP contribution in [0.4, 0.5) is 5.69 Å². The summed E-state index contributed by atoms with van der Waals surface area (Å²) in [5.74, 6) is 0.724. The molecule has 0 aliphatic rings. The fourth-order valence-corrected chi connectivity index (χ4v) is 3.57. The summed E-state index contributed by atoms with van der Waals surface area (Å²) in [5.41, 5.74) is 1.44. The van der Waals surface area contributed by atoms with Crippen LogP contribution in [0.15, 0.2) is 53.7 Å². The molecule has 6 nitrogen and oxygen atoms in total. The average Bonchev–Trinajstić information content (AvgIpc) is 3.05. The Hall–Kier alpha value is -2.51. The fraction of sp³-hybridized carbons (Fsp3) is 0.211. The number of amides is 1. The number of aromatic nitrogens is 3. The molecular weight excluding hydrogens is 384 g/mol. The summed E-state index contributed by atoms with van der Waals surface area (Å²) < 4.78 is 2.00. The molecule has 0 saturated carbocycles. The van der Waals surface area contributed by atoms with Gasteiger partial charge in [-0.05, 0) is 30.7 Å². The maximum absolute atomic E-state index is 12.2. The van der Waals surface area contributed by atoms with Gasteiger partial charge in [-0.15, -0.1) is 10.2 Å². The lowest BCUT2D eigenvalue weighted by Crippen LogP contribution is -2.15. The predicted octanol–water partition coefficient (Wildman–Crippen LogP) is 3.98. The molecule has 3 rings (SSSR count). The quantitative estimate of drug-likeness (QED) is 0.461. The molecule has 0 aliphatic carbocycles. The first-order valence-corrected chi connectivity index (χ1v) is 9.80. The third kappa shape index (κ3) is 5.02. The zero-order valence-electron chi connectivity index (χ0n) is 14.7. The molecule has 0 bridgehead atoms. The lowest BCUT2D eigenvalue weighted by atomic mass is 10.1. The summed E-state index contributed by atoms with van der Waals surface area (Å²) in [6.45, 7) is 2.74. The van der Waals surface area contributed by atoms with Crippen LogP contribution in [0.1, 0.15) is 18.3 Å². The van der Waals surface area contributed by atoms with Crippen LogP contribution in [0.2, 0.25) is 5.02 Å². The van der Waals surface area contributed by atoms with E-state index in [0.717, 1.165) is 11.4 Å². The Kier molecular flexibility index (Phi) is 6.36. The maximum Gasteiger partial charge on any atom is 0.234 e. The smallest absolute Gasteiger partial charge is 0.234 e. The molecule has 0 fully saturated rings. The number of phenols is 1. The Morgan fingerprint density at radius 2 is 2.00 bits per heavy atom. The molecule has 1 amide bonds. The summed E-state index contributed by atoms with van der Waals surface area (Å²) >= 11 is 7.20. The molecule has 3 aromatic rings. The molecule has 0 radical (unpaired) electrons. The SMILES string of the molecule is CCn1c(Cc2ccccc2)nnc1SCC(=O)Nc1cc(Cl)ccc1O. The Morgan fingerprint density at radius 1 is 1.22 bits per heavy atom. The van der Waals surface area contributed by atoms with Gasteiger partial charge in [-0.25, -0.2) is 0 Å². The minimum absolute atomic E-state index is 0.0281. The average molecular weight is 403 g/mol. The van der Waals surface area contributed by atoms with Crippen molar-refractivity contribution in [3.8, 4) is 5.75 Å². The minimum Gasteiger partial charge on any atom is -0.506 e. The molecule has 8 heteroatoms. The second kappa shape index (κ2) is 8.92. The van der Waals surface area contributed by atoms with Crippen LogP contribution >= 0.6 is 23.4 Å². The van der Waals surface area contributed by atoms with Crippen molar-refractivity contribution < 1.29 is 9.90 Å². The Morgan fingerprint density at radius 3 is 2.74 bits per heavy atom. The number of carbonyl (C=O) groups is 1. The van der Waals surface area contributed by atoms with Crippen LogP contribution in [0.25, 0.3) is 0 Å². The molecule has 2 aromatic carbocycles.